The van der Waals surface area contributed by atoms with Crippen molar-refractivity contribution in [1.82, 2.24) is 9.97 Å². The minimum absolute atomic E-state index is 0.756. The summed E-state index contributed by atoms with van der Waals surface area (Å²) in [5.41, 5.74) is 2.13. The third-order valence-corrected chi connectivity index (χ3v) is 3.95. The van der Waals surface area contributed by atoms with Gasteiger partial charge >= 0.3 is 0 Å². The molecule has 0 aliphatic rings. The Morgan fingerprint density at radius 1 is 1.15 bits per heavy atom. The number of aryl methyl sites for hydroxylation is 2. The summed E-state index contributed by atoms with van der Waals surface area (Å²) in [6, 6.07) is 9.82. The fraction of sp³-hybridized carbons (Fsp3) is 0.333. The van der Waals surface area contributed by atoms with Gasteiger partial charge in [0.15, 0.2) is 0 Å². The summed E-state index contributed by atoms with van der Waals surface area (Å²) in [5.74, 6) is 1.70. The minimum Gasteiger partial charge on any atom is -0.355 e. The molecule has 1 atom stereocenters. The van der Waals surface area contributed by atoms with E-state index in [1.54, 1.807) is 6.26 Å². The third-order valence-electron chi connectivity index (χ3n) is 3.02. The van der Waals surface area contributed by atoms with Crippen LogP contribution in [-0.2, 0) is 17.3 Å². The van der Waals surface area contributed by atoms with Crippen LogP contribution in [0.2, 0.25) is 0 Å². The Morgan fingerprint density at radius 2 is 1.80 bits per heavy atom. The van der Waals surface area contributed by atoms with Crippen molar-refractivity contribution in [3.05, 3.63) is 47.4 Å². The van der Waals surface area contributed by atoms with Crippen molar-refractivity contribution in [3.63, 3.8) is 0 Å². The molecule has 1 aromatic carbocycles. The summed E-state index contributed by atoms with van der Waals surface area (Å²) in [7, 11) is 1.08. The molecule has 0 spiro atoms. The number of hydrogen-bond donors (Lipinski definition) is 0. The predicted octanol–water partition coefficient (Wildman–Crippen LogP) is 2.47. The quantitative estimate of drug-likeness (QED) is 0.867. The molecule has 0 saturated carbocycles. The molecule has 1 heterocycles. The van der Waals surface area contributed by atoms with Gasteiger partial charge in [-0.2, -0.15) is 0 Å². The molecule has 2 aromatic rings. The van der Waals surface area contributed by atoms with Gasteiger partial charge in [-0.25, -0.2) is 9.97 Å². The number of benzene rings is 1. The van der Waals surface area contributed by atoms with Crippen LogP contribution >= 0.6 is 0 Å². The Kier molecular flexibility index (Phi) is 4.49. The van der Waals surface area contributed by atoms with Gasteiger partial charge in [0.2, 0.25) is 0 Å². The van der Waals surface area contributed by atoms with Crippen LogP contribution in [0.25, 0.3) is 0 Å². The zero-order valence-electron chi connectivity index (χ0n) is 12.3. The van der Waals surface area contributed by atoms with E-state index in [2.05, 4.69) is 14.9 Å². The van der Waals surface area contributed by atoms with Crippen molar-refractivity contribution in [2.24, 2.45) is 0 Å². The Hall–Kier alpha value is -1.75. The summed E-state index contributed by atoms with van der Waals surface area (Å²) in [4.78, 5) is 11.7. The maximum absolute atomic E-state index is 11.4. The molecule has 0 amide bonds. The molecule has 1 aromatic heterocycles. The van der Waals surface area contributed by atoms with Gasteiger partial charge in [0.05, 0.1) is 0 Å². The van der Waals surface area contributed by atoms with E-state index in [9.17, 15) is 4.21 Å². The first kappa shape index (κ1) is 14.7. The molecule has 0 saturated heterocycles. The molecule has 106 valence electrons. The predicted molar refractivity (Wildman–Crippen MR) is 82.4 cm³/mol. The molecule has 0 bridgehead atoms. The van der Waals surface area contributed by atoms with Gasteiger partial charge in [-0.05, 0) is 31.5 Å². The highest BCUT2D eigenvalue weighted by Crippen LogP contribution is 2.15. The first-order chi connectivity index (χ1) is 9.45. The second-order valence-corrected chi connectivity index (χ2v) is 6.25. The van der Waals surface area contributed by atoms with Gasteiger partial charge in [-0.3, -0.25) is 4.21 Å². The van der Waals surface area contributed by atoms with Crippen LogP contribution in [0.4, 0.5) is 5.82 Å². The molecule has 0 fully saturated rings. The number of hydrogen-bond acceptors (Lipinski definition) is 4. The van der Waals surface area contributed by atoms with E-state index in [0.717, 1.165) is 34.3 Å². The highest BCUT2D eigenvalue weighted by atomic mass is 32.2. The maximum Gasteiger partial charge on any atom is 0.132 e. The van der Waals surface area contributed by atoms with Gasteiger partial charge in [-0.15, -0.1) is 0 Å². The lowest BCUT2D eigenvalue weighted by molar-refractivity contribution is 0.686. The van der Waals surface area contributed by atoms with Crippen molar-refractivity contribution < 1.29 is 4.21 Å². The summed E-state index contributed by atoms with van der Waals surface area (Å²) in [6.07, 6.45) is 1.69. The highest BCUT2D eigenvalue weighted by Gasteiger charge is 2.06. The van der Waals surface area contributed by atoms with E-state index in [1.807, 2.05) is 51.2 Å². The average molecular weight is 289 g/mol. The SMILES string of the molecule is Cc1cc(N(C)Cc2ccc(S(C)=O)cc2)nc(C)n1. The standard InChI is InChI=1S/C15H19N3OS/c1-11-9-15(17-12(2)16-11)18(3)10-13-5-7-14(8-6-13)20(4)19/h5-9H,10H2,1-4H3. The Morgan fingerprint density at radius 3 is 2.35 bits per heavy atom. The van der Waals surface area contributed by atoms with Crippen LogP contribution in [0.15, 0.2) is 35.2 Å². The van der Waals surface area contributed by atoms with E-state index in [4.69, 9.17) is 0 Å². The molecule has 0 N–H and O–H groups in total. The zero-order chi connectivity index (χ0) is 14.7. The van der Waals surface area contributed by atoms with Gasteiger partial charge in [0, 0.05) is 47.3 Å². The normalized spacial score (nSPS) is 12.2. The maximum atomic E-state index is 11.4. The summed E-state index contributed by atoms with van der Waals surface area (Å²) in [6.45, 7) is 4.62. The fourth-order valence-corrected chi connectivity index (χ4v) is 2.55. The lowest BCUT2D eigenvalue weighted by Gasteiger charge is -2.19. The summed E-state index contributed by atoms with van der Waals surface area (Å²) < 4.78 is 11.4. The lowest BCUT2D eigenvalue weighted by Crippen LogP contribution is -2.18. The number of rotatable bonds is 4. The van der Waals surface area contributed by atoms with Gasteiger partial charge < -0.3 is 4.90 Å². The van der Waals surface area contributed by atoms with Gasteiger partial charge in [-0.1, -0.05) is 12.1 Å². The number of anilines is 1. The molecule has 4 nitrogen and oxygen atoms in total. The molecule has 0 aliphatic heterocycles. The van der Waals surface area contributed by atoms with Gasteiger partial charge in [0.1, 0.15) is 11.6 Å². The number of aromatic nitrogens is 2. The number of nitrogens with zero attached hydrogens (tertiary/aromatic N) is 3. The van der Waals surface area contributed by atoms with Crippen LogP contribution < -0.4 is 4.90 Å². The smallest absolute Gasteiger partial charge is 0.132 e. The monoisotopic (exact) mass is 289 g/mol. The topological polar surface area (TPSA) is 46.1 Å². The van der Waals surface area contributed by atoms with Crippen LogP contribution in [0.5, 0.6) is 0 Å². The Bertz CT molecular complexity index is 605. The molecular formula is C15H19N3OS. The second-order valence-electron chi connectivity index (χ2n) is 4.87. The van der Waals surface area contributed by atoms with Crippen molar-refractivity contribution >= 4 is 16.6 Å². The second kappa shape index (κ2) is 6.13. The fourth-order valence-electron chi connectivity index (χ4n) is 2.03. The minimum atomic E-state index is -0.926. The van der Waals surface area contributed by atoms with Crippen LogP contribution in [0.3, 0.4) is 0 Å². The summed E-state index contributed by atoms with van der Waals surface area (Å²) in [5, 5.41) is 0. The van der Waals surface area contributed by atoms with E-state index in [1.165, 1.54) is 0 Å². The Labute approximate surface area is 122 Å². The van der Waals surface area contributed by atoms with Crippen LogP contribution in [-0.4, -0.2) is 27.5 Å². The summed E-state index contributed by atoms with van der Waals surface area (Å²) >= 11 is 0. The zero-order valence-corrected chi connectivity index (χ0v) is 13.1. The molecule has 1 unspecified atom stereocenters. The highest BCUT2D eigenvalue weighted by molar-refractivity contribution is 7.84. The van der Waals surface area contributed by atoms with Crippen molar-refractivity contribution in [1.29, 1.82) is 0 Å². The third kappa shape index (κ3) is 3.63. The largest absolute Gasteiger partial charge is 0.355 e. The Balaban J connectivity index is 2.14. The molecule has 0 radical (unpaired) electrons. The van der Waals surface area contributed by atoms with Crippen LogP contribution in [0.1, 0.15) is 17.1 Å². The van der Waals surface area contributed by atoms with Gasteiger partial charge in [0.25, 0.3) is 0 Å². The van der Waals surface area contributed by atoms with E-state index < -0.39 is 10.8 Å². The molecule has 2 rings (SSSR count). The van der Waals surface area contributed by atoms with Crippen molar-refractivity contribution in [3.8, 4) is 0 Å². The molecular weight excluding hydrogens is 270 g/mol. The lowest BCUT2D eigenvalue weighted by atomic mass is 10.2. The van der Waals surface area contributed by atoms with E-state index in [-0.39, 0.29) is 0 Å². The van der Waals surface area contributed by atoms with Crippen LogP contribution in [0, 0.1) is 13.8 Å². The first-order valence-electron chi connectivity index (χ1n) is 6.41. The molecule has 5 heteroatoms. The van der Waals surface area contributed by atoms with Crippen molar-refractivity contribution in [2.45, 2.75) is 25.3 Å². The molecule has 20 heavy (non-hydrogen) atoms. The van der Waals surface area contributed by atoms with Crippen molar-refractivity contribution in [2.75, 3.05) is 18.2 Å². The van der Waals surface area contributed by atoms with E-state index in [0.29, 0.717) is 0 Å². The average Bonchev–Trinajstić information content (AvgIpc) is 2.38. The van der Waals surface area contributed by atoms with E-state index >= 15 is 0 Å². The molecule has 0 aliphatic carbocycles. The first-order valence-corrected chi connectivity index (χ1v) is 7.97.